The van der Waals surface area contributed by atoms with Crippen LogP contribution in [-0.2, 0) is 9.53 Å². The lowest BCUT2D eigenvalue weighted by atomic mass is 10.1. The van der Waals surface area contributed by atoms with Gasteiger partial charge in [0.05, 0.1) is 13.2 Å². The van der Waals surface area contributed by atoms with Crippen molar-refractivity contribution in [1.29, 1.82) is 0 Å². The number of hydrogen-bond acceptors (Lipinski definition) is 4. The van der Waals surface area contributed by atoms with Crippen LogP contribution < -0.4 is 5.32 Å². The number of ether oxygens (including phenoxy) is 1. The summed E-state index contributed by atoms with van der Waals surface area (Å²) in [7, 11) is 0. The maximum atomic E-state index is 11.5. The van der Waals surface area contributed by atoms with Gasteiger partial charge < -0.3 is 10.1 Å². The predicted molar refractivity (Wildman–Crippen MR) is 68.9 cm³/mol. The van der Waals surface area contributed by atoms with Crippen molar-refractivity contribution < 1.29 is 9.53 Å². The van der Waals surface area contributed by atoms with Crippen molar-refractivity contribution in [3.05, 3.63) is 0 Å². The Morgan fingerprint density at radius 1 is 1.53 bits per heavy atom. The fraction of sp³-hybridized carbons (Fsp3) is 0.923. The summed E-state index contributed by atoms with van der Waals surface area (Å²) < 4.78 is 5.02. The monoisotopic (exact) mass is 242 g/mol. The number of nitrogens with one attached hydrogen (secondary N) is 1. The van der Waals surface area contributed by atoms with E-state index < -0.39 is 0 Å². The Hall–Kier alpha value is -0.610. The topological polar surface area (TPSA) is 41.6 Å². The highest BCUT2D eigenvalue weighted by molar-refractivity contribution is 5.71. The minimum atomic E-state index is -0.105. The molecule has 1 unspecified atom stereocenters. The van der Waals surface area contributed by atoms with Crippen LogP contribution in [0, 0.1) is 5.92 Å². The first-order valence-corrected chi connectivity index (χ1v) is 6.73. The molecule has 1 saturated heterocycles. The highest BCUT2D eigenvalue weighted by Crippen LogP contribution is 2.08. The molecule has 0 aromatic heterocycles. The third-order valence-electron chi connectivity index (χ3n) is 2.92. The van der Waals surface area contributed by atoms with Crippen molar-refractivity contribution in [2.45, 2.75) is 39.7 Å². The molecule has 0 amide bonds. The van der Waals surface area contributed by atoms with E-state index in [1.165, 1.54) is 12.8 Å². The summed E-state index contributed by atoms with van der Waals surface area (Å²) in [6.07, 6.45) is 2.47. The molecule has 0 spiro atoms. The number of rotatable bonds is 7. The van der Waals surface area contributed by atoms with E-state index in [9.17, 15) is 4.79 Å². The molecule has 0 saturated carbocycles. The highest BCUT2D eigenvalue weighted by Gasteiger charge is 2.20. The van der Waals surface area contributed by atoms with Gasteiger partial charge in [-0.2, -0.15) is 0 Å². The predicted octanol–water partition coefficient (Wildman–Crippen LogP) is 1.26. The van der Waals surface area contributed by atoms with Crippen LogP contribution in [0.2, 0.25) is 0 Å². The van der Waals surface area contributed by atoms with E-state index in [0.29, 0.717) is 25.1 Å². The van der Waals surface area contributed by atoms with Crippen molar-refractivity contribution in [1.82, 2.24) is 10.2 Å². The Morgan fingerprint density at radius 2 is 2.29 bits per heavy atom. The number of hydrogen-bond donors (Lipinski definition) is 1. The quantitative estimate of drug-likeness (QED) is 0.682. The zero-order valence-electron chi connectivity index (χ0n) is 11.4. The van der Waals surface area contributed by atoms with Crippen LogP contribution >= 0.6 is 0 Å². The molecule has 1 heterocycles. The number of nitrogens with zero attached hydrogens (tertiary/aromatic N) is 1. The third kappa shape index (κ3) is 6.03. The number of carbonyl (C=O) groups is 1. The summed E-state index contributed by atoms with van der Waals surface area (Å²) in [4.78, 5) is 13.7. The van der Waals surface area contributed by atoms with E-state index in [1.807, 2.05) is 6.92 Å². The van der Waals surface area contributed by atoms with E-state index in [1.54, 1.807) is 0 Å². The van der Waals surface area contributed by atoms with Crippen LogP contribution in [0.5, 0.6) is 0 Å². The van der Waals surface area contributed by atoms with Gasteiger partial charge in [0.15, 0.2) is 0 Å². The van der Waals surface area contributed by atoms with E-state index >= 15 is 0 Å². The molecule has 4 nitrogen and oxygen atoms in total. The average Bonchev–Trinajstić information content (AvgIpc) is 2.69. The molecule has 0 aliphatic carbocycles. The molecule has 1 aliphatic heterocycles. The zero-order valence-corrected chi connectivity index (χ0v) is 11.4. The second kappa shape index (κ2) is 7.67. The van der Waals surface area contributed by atoms with Gasteiger partial charge in [-0.05, 0) is 32.2 Å². The normalized spacial score (nSPS) is 20.2. The molecule has 1 N–H and O–H groups in total. The van der Waals surface area contributed by atoms with Gasteiger partial charge in [-0.25, -0.2) is 0 Å². The third-order valence-corrected chi connectivity index (χ3v) is 2.92. The Balaban J connectivity index is 2.38. The first-order valence-electron chi connectivity index (χ1n) is 6.73. The molecule has 4 heteroatoms. The molecule has 100 valence electrons. The highest BCUT2D eigenvalue weighted by atomic mass is 16.5. The Bertz CT molecular complexity index is 225. The molecule has 1 aliphatic rings. The maximum Gasteiger partial charge on any atom is 0.320 e. The van der Waals surface area contributed by atoms with Gasteiger partial charge in [0.25, 0.3) is 0 Å². The lowest BCUT2D eigenvalue weighted by Crippen LogP contribution is -2.42. The van der Waals surface area contributed by atoms with Crippen LogP contribution in [0.3, 0.4) is 0 Å². The maximum absolute atomic E-state index is 11.5. The van der Waals surface area contributed by atoms with Gasteiger partial charge in [-0.3, -0.25) is 9.69 Å². The first kappa shape index (κ1) is 14.5. The minimum absolute atomic E-state index is 0.105. The zero-order chi connectivity index (χ0) is 12.7. The molecule has 0 radical (unpaired) electrons. The van der Waals surface area contributed by atoms with Crippen molar-refractivity contribution in [3.63, 3.8) is 0 Å². The van der Waals surface area contributed by atoms with Gasteiger partial charge in [-0.1, -0.05) is 13.8 Å². The molecular weight excluding hydrogens is 216 g/mol. The lowest BCUT2D eigenvalue weighted by molar-refractivity contribution is -0.144. The van der Waals surface area contributed by atoms with Crippen LogP contribution in [0.15, 0.2) is 0 Å². The van der Waals surface area contributed by atoms with Gasteiger partial charge >= 0.3 is 5.97 Å². The smallest absolute Gasteiger partial charge is 0.320 e. The molecule has 1 atom stereocenters. The molecule has 0 bridgehead atoms. The summed E-state index contributed by atoms with van der Waals surface area (Å²) >= 11 is 0. The molecule has 17 heavy (non-hydrogen) atoms. The first-order chi connectivity index (χ1) is 8.11. The summed E-state index contributed by atoms with van der Waals surface area (Å²) in [5.41, 5.74) is 0. The molecule has 1 rings (SSSR count). The van der Waals surface area contributed by atoms with Gasteiger partial charge in [0, 0.05) is 19.1 Å². The second-order valence-corrected chi connectivity index (χ2v) is 5.19. The standard InChI is InChI=1S/C13H26N2O2/c1-4-17-13(16)10-15(8-11(2)3)9-12-6-5-7-14-12/h11-12,14H,4-10H2,1-3H3. The Morgan fingerprint density at radius 3 is 2.82 bits per heavy atom. The van der Waals surface area contributed by atoms with Gasteiger partial charge in [0.1, 0.15) is 0 Å². The summed E-state index contributed by atoms with van der Waals surface area (Å²) in [5.74, 6) is 0.469. The lowest BCUT2D eigenvalue weighted by Gasteiger charge is -2.26. The van der Waals surface area contributed by atoms with E-state index in [0.717, 1.165) is 19.6 Å². The minimum Gasteiger partial charge on any atom is -0.465 e. The van der Waals surface area contributed by atoms with Crippen LogP contribution in [0.1, 0.15) is 33.6 Å². The van der Waals surface area contributed by atoms with Crippen molar-refractivity contribution in [2.75, 3.05) is 32.8 Å². The summed E-state index contributed by atoms with van der Waals surface area (Å²) in [5, 5.41) is 3.47. The fourth-order valence-electron chi connectivity index (χ4n) is 2.33. The van der Waals surface area contributed by atoms with Gasteiger partial charge in [-0.15, -0.1) is 0 Å². The fourth-order valence-corrected chi connectivity index (χ4v) is 2.33. The summed E-state index contributed by atoms with van der Waals surface area (Å²) in [6.45, 7) is 10.1. The Kier molecular flexibility index (Phi) is 6.52. The largest absolute Gasteiger partial charge is 0.465 e. The van der Waals surface area contributed by atoms with E-state index in [4.69, 9.17) is 4.74 Å². The van der Waals surface area contributed by atoms with E-state index in [2.05, 4.69) is 24.1 Å². The van der Waals surface area contributed by atoms with Crippen LogP contribution in [0.25, 0.3) is 0 Å². The molecule has 0 aromatic carbocycles. The summed E-state index contributed by atoms with van der Waals surface area (Å²) in [6, 6.07) is 0.545. The average molecular weight is 242 g/mol. The van der Waals surface area contributed by atoms with E-state index in [-0.39, 0.29) is 5.97 Å². The molecule has 1 fully saturated rings. The van der Waals surface area contributed by atoms with Crippen molar-refractivity contribution >= 4 is 5.97 Å². The Labute approximate surface area is 105 Å². The van der Waals surface area contributed by atoms with Gasteiger partial charge in [0.2, 0.25) is 0 Å². The number of esters is 1. The molecular formula is C13H26N2O2. The number of carbonyl (C=O) groups excluding carboxylic acids is 1. The van der Waals surface area contributed by atoms with Crippen molar-refractivity contribution in [2.24, 2.45) is 5.92 Å². The van der Waals surface area contributed by atoms with Crippen LogP contribution in [0.4, 0.5) is 0 Å². The van der Waals surface area contributed by atoms with Crippen LogP contribution in [-0.4, -0.2) is 49.7 Å². The molecule has 0 aromatic rings. The SMILES string of the molecule is CCOC(=O)CN(CC(C)C)CC1CCCN1. The second-order valence-electron chi connectivity index (χ2n) is 5.19. The van der Waals surface area contributed by atoms with Crippen molar-refractivity contribution in [3.8, 4) is 0 Å².